The monoisotopic (exact) mass is 444 g/mol. The molecule has 2 aromatic rings. The van der Waals surface area contributed by atoms with E-state index in [0.29, 0.717) is 4.47 Å². The highest BCUT2D eigenvalue weighted by Crippen LogP contribution is 2.21. The molecule has 0 unspecified atom stereocenters. The van der Waals surface area contributed by atoms with Crippen molar-refractivity contribution in [2.45, 2.75) is 11.4 Å². The maximum absolute atomic E-state index is 12.9. The van der Waals surface area contributed by atoms with Gasteiger partial charge in [-0.25, -0.2) is 17.5 Å². The molecule has 0 aliphatic carbocycles. The van der Waals surface area contributed by atoms with Crippen molar-refractivity contribution in [1.82, 2.24) is 10.0 Å². The summed E-state index contributed by atoms with van der Waals surface area (Å²) in [5, 5.41) is 2.68. The number of nitrogens with one attached hydrogen (secondary N) is 2. The number of ether oxygens (including phenoxy) is 1. The molecule has 0 heterocycles. The lowest BCUT2D eigenvalue weighted by atomic mass is 10.2. The number of carbonyl (C=O) groups is 1. The largest absolute Gasteiger partial charge is 0.383 e. The number of rotatable bonds is 8. The van der Waals surface area contributed by atoms with Crippen molar-refractivity contribution in [3.63, 3.8) is 0 Å². The smallest absolute Gasteiger partial charge is 0.252 e. The van der Waals surface area contributed by atoms with Crippen LogP contribution in [0.3, 0.4) is 0 Å². The van der Waals surface area contributed by atoms with Crippen molar-refractivity contribution < 1.29 is 22.3 Å². The highest BCUT2D eigenvalue weighted by Gasteiger charge is 2.18. The maximum Gasteiger partial charge on any atom is 0.252 e. The molecule has 0 aliphatic rings. The van der Waals surface area contributed by atoms with E-state index in [1.54, 1.807) is 12.1 Å². The fourth-order valence-electron chi connectivity index (χ4n) is 2.09. The molecule has 0 aromatic heterocycles. The zero-order valence-electron chi connectivity index (χ0n) is 14.0. The molecule has 0 aliphatic heterocycles. The van der Waals surface area contributed by atoms with Crippen molar-refractivity contribution >= 4 is 31.9 Å². The number of methoxy groups -OCH3 is 1. The summed E-state index contributed by atoms with van der Waals surface area (Å²) in [6.07, 6.45) is 0. The first-order valence-corrected chi connectivity index (χ1v) is 9.92. The Kier molecular flexibility index (Phi) is 7.27. The fourth-order valence-corrected chi connectivity index (χ4v) is 3.55. The fraction of sp³-hybridized carbons (Fsp3) is 0.235. The van der Waals surface area contributed by atoms with E-state index in [1.165, 1.54) is 37.4 Å². The molecule has 0 saturated carbocycles. The van der Waals surface area contributed by atoms with Gasteiger partial charge in [0.05, 0.1) is 17.1 Å². The summed E-state index contributed by atoms with van der Waals surface area (Å²) in [6, 6.07) is 9.91. The van der Waals surface area contributed by atoms with E-state index >= 15 is 0 Å². The van der Waals surface area contributed by atoms with Gasteiger partial charge in [0.15, 0.2) is 0 Å². The number of hydrogen-bond donors (Lipinski definition) is 2. The van der Waals surface area contributed by atoms with Crippen molar-refractivity contribution in [3.8, 4) is 0 Å². The van der Waals surface area contributed by atoms with Gasteiger partial charge in [-0.2, -0.15) is 0 Å². The summed E-state index contributed by atoms with van der Waals surface area (Å²) in [5.74, 6) is -0.808. The SMILES string of the molecule is COCCNS(=O)(=O)c1ccc(Br)c(C(=O)NCc2ccc(F)cc2)c1. The van der Waals surface area contributed by atoms with Crippen LogP contribution in [0.1, 0.15) is 15.9 Å². The van der Waals surface area contributed by atoms with E-state index < -0.39 is 15.9 Å². The van der Waals surface area contributed by atoms with Crippen LogP contribution in [0.15, 0.2) is 51.8 Å². The number of carbonyl (C=O) groups excluding carboxylic acids is 1. The zero-order valence-corrected chi connectivity index (χ0v) is 16.4. The van der Waals surface area contributed by atoms with Crippen LogP contribution in [0.5, 0.6) is 0 Å². The van der Waals surface area contributed by atoms with Crippen molar-refractivity contribution in [2.75, 3.05) is 20.3 Å². The van der Waals surface area contributed by atoms with Gasteiger partial charge in [0.1, 0.15) is 5.82 Å². The predicted octanol–water partition coefficient (Wildman–Crippen LogP) is 2.44. The molecule has 0 bridgehead atoms. The van der Waals surface area contributed by atoms with Crippen LogP contribution < -0.4 is 10.0 Å². The van der Waals surface area contributed by atoms with Crippen molar-refractivity contribution in [1.29, 1.82) is 0 Å². The van der Waals surface area contributed by atoms with Gasteiger partial charge in [0.25, 0.3) is 5.91 Å². The van der Waals surface area contributed by atoms with Gasteiger partial charge in [-0.05, 0) is 51.8 Å². The second-order valence-electron chi connectivity index (χ2n) is 5.34. The molecule has 0 saturated heterocycles. The van der Waals surface area contributed by atoms with Crippen LogP contribution in [0.4, 0.5) is 4.39 Å². The normalized spacial score (nSPS) is 11.3. The summed E-state index contributed by atoms with van der Waals surface area (Å²) in [5.41, 5.74) is 0.905. The second kappa shape index (κ2) is 9.22. The molecule has 9 heteroatoms. The predicted molar refractivity (Wildman–Crippen MR) is 98.8 cm³/mol. The highest BCUT2D eigenvalue weighted by molar-refractivity contribution is 9.10. The van der Waals surface area contributed by atoms with Gasteiger partial charge in [0.2, 0.25) is 10.0 Å². The van der Waals surface area contributed by atoms with E-state index in [2.05, 4.69) is 26.0 Å². The third-order valence-electron chi connectivity index (χ3n) is 3.46. The van der Waals surface area contributed by atoms with Crippen LogP contribution in [-0.4, -0.2) is 34.6 Å². The Labute approximate surface area is 159 Å². The molecule has 140 valence electrons. The lowest BCUT2D eigenvalue weighted by Crippen LogP contribution is -2.28. The molecule has 6 nitrogen and oxygen atoms in total. The minimum atomic E-state index is -3.75. The highest BCUT2D eigenvalue weighted by atomic mass is 79.9. The Morgan fingerprint density at radius 3 is 2.54 bits per heavy atom. The van der Waals surface area contributed by atoms with Crippen LogP contribution in [-0.2, 0) is 21.3 Å². The molecule has 0 fully saturated rings. The summed E-state index contributed by atoms with van der Waals surface area (Å²) >= 11 is 3.25. The minimum absolute atomic E-state index is 0.0243. The van der Waals surface area contributed by atoms with Crippen molar-refractivity contribution in [2.24, 2.45) is 0 Å². The van der Waals surface area contributed by atoms with Gasteiger partial charge >= 0.3 is 0 Å². The third-order valence-corrected chi connectivity index (χ3v) is 5.61. The Bertz CT molecular complexity index is 873. The number of hydrogen-bond acceptors (Lipinski definition) is 4. The summed E-state index contributed by atoms with van der Waals surface area (Å²) in [7, 11) is -2.28. The minimum Gasteiger partial charge on any atom is -0.383 e. The van der Waals surface area contributed by atoms with Gasteiger partial charge in [0, 0.05) is 24.7 Å². The van der Waals surface area contributed by atoms with Crippen LogP contribution in [0.25, 0.3) is 0 Å². The molecule has 2 N–H and O–H groups in total. The third kappa shape index (κ3) is 5.60. The molecule has 2 rings (SSSR count). The number of amides is 1. The lowest BCUT2D eigenvalue weighted by molar-refractivity contribution is 0.0950. The number of halogens is 2. The average Bonchev–Trinajstić information content (AvgIpc) is 2.61. The van der Waals surface area contributed by atoms with Gasteiger partial charge in [-0.1, -0.05) is 12.1 Å². The van der Waals surface area contributed by atoms with Crippen LogP contribution >= 0.6 is 15.9 Å². The molecule has 2 aromatic carbocycles. The zero-order chi connectivity index (χ0) is 19.2. The number of benzene rings is 2. The van der Waals surface area contributed by atoms with Gasteiger partial charge in [-0.3, -0.25) is 4.79 Å². The summed E-state index contributed by atoms with van der Waals surface area (Å²) in [4.78, 5) is 12.4. The first kappa shape index (κ1) is 20.5. The Morgan fingerprint density at radius 2 is 1.88 bits per heavy atom. The van der Waals surface area contributed by atoms with Gasteiger partial charge < -0.3 is 10.1 Å². The second-order valence-corrected chi connectivity index (χ2v) is 7.96. The Hall–Kier alpha value is -1.81. The first-order chi connectivity index (χ1) is 12.3. The van der Waals surface area contributed by atoms with E-state index in [4.69, 9.17) is 4.74 Å². The number of sulfonamides is 1. The standard InChI is InChI=1S/C17H18BrFN2O4S/c1-25-9-8-21-26(23,24)14-6-7-16(18)15(10-14)17(22)20-11-12-2-4-13(19)5-3-12/h2-7,10,21H,8-9,11H2,1H3,(H,20,22). The van der Waals surface area contributed by atoms with Gasteiger partial charge in [-0.15, -0.1) is 0 Å². The molecular weight excluding hydrogens is 427 g/mol. The van der Waals surface area contributed by atoms with E-state index in [1.807, 2.05) is 0 Å². The Morgan fingerprint density at radius 1 is 1.19 bits per heavy atom. The molecular formula is C17H18BrFN2O4S. The molecule has 0 spiro atoms. The van der Waals surface area contributed by atoms with E-state index in [9.17, 15) is 17.6 Å². The van der Waals surface area contributed by atoms with Crippen LogP contribution in [0.2, 0.25) is 0 Å². The van der Waals surface area contributed by atoms with Crippen LogP contribution in [0, 0.1) is 5.82 Å². The van der Waals surface area contributed by atoms with Crippen molar-refractivity contribution in [3.05, 3.63) is 63.9 Å². The summed E-state index contributed by atoms with van der Waals surface area (Å²) in [6.45, 7) is 0.552. The average molecular weight is 445 g/mol. The first-order valence-electron chi connectivity index (χ1n) is 7.64. The molecule has 0 atom stereocenters. The topological polar surface area (TPSA) is 84.5 Å². The van der Waals surface area contributed by atoms with E-state index in [0.717, 1.165) is 5.56 Å². The Balaban J connectivity index is 2.12. The molecule has 26 heavy (non-hydrogen) atoms. The summed E-state index contributed by atoms with van der Waals surface area (Å²) < 4.78 is 45.1. The van der Waals surface area contributed by atoms with E-state index in [-0.39, 0.29) is 36.0 Å². The maximum atomic E-state index is 12.9. The quantitative estimate of drug-likeness (QED) is 0.612. The lowest BCUT2D eigenvalue weighted by Gasteiger charge is -2.10. The molecule has 1 amide bonds. The molecule has 0 radical (unpaired) electrons.